The predicted molar refractivity (Wildman–Crippen MR) is 115 cm³/mol. The lowest BCUT2D eigenvalue weighted by atomic mass is 10.1. The van der Waals surface area contributed by atoms with E-state index in [1.807, 2.05) is 36.4 Å². The lowest BCUT2D eigenvalue weighted by molar-refractivity contribution is -0.122. The van der Waals surface area contributed by atoms with Gasteiger partial charge >= 0.3 is 5.97 Å². The molecule has 0 aliphatic carbocycles. The van der Waals surface area contributed by atoms with Crippen molar-refractivity contribution >= 4 is 17.6 Å². The molecule has 0 aromatic heterocycles. The van der Waals surface area contributed by atoms with Crippen molar-refractivity contribution in [1.82, 2.24) is 0 Å². The number of benzene rings is 3. The Hall–Kier alpha value is -4.04. The number of methoxy groups -OCH3 is 1. The van der Waals surface area contributed by atoms with Crippen LogP contribution in [0.4, 0.5) is 5.69 Å². The number of nitrogens with one attached hydrogen (secondary N) is 1. The summed E-state index contributed by atoms with van der Waals surface area (Å²) in [5, 5.41) is 2.84. The van der Waals surface area contributed by atoms with E-state index in [2.05, 4.69) is 17.2 Å². The fraction of sp³-hybridized carbons (Fsp3) is 0.120. The molecule has 0 saturated heterocycles. The van der Waals surface area contributed by atoms with Gasteiger partial charge in [-0.05, 0) is 55.5 Å². The maximum atomic E-state index is 12.4. The van der Waals surface area contributed by atoms with E-state index in [1.54, 1.807) is 49.4 Å². The number of carbonyl (C=O) groups is 2. The number of carbonyl (C=O) groups excluding carboxylic acids is 2. The van der Waals surface area contributed by atoms with Crippen molar-refractivity contribution in [3.8, 4) is 17.6 Å². The maximum absolute atomic E-state index is 12.4. The number of amides is 1. The summed E-state index contributed by atoms with van der Waals surface area (Å²) in [6.07, 6.45) is -0.650. The summed E-state index contributed by atoms with van der Waals surface area (Å²) in [6.45, 7) is 1.69. The second-order valence-corrected chi connectivity index (χ2v) is 6.47. The van der Waals surface area contributed by atoms with Crippen LogP contribution in [-0.4, -0.2) is 25.1 Å². The highest BCUT2D eigenvalue weighted by molar-refractivity contribution is 5.94. The minimum Gasteiger partial charge on any atom is -0.481 e. The lowest BCUT2D eigenvalue weighted by Gasteiger charge is -2.14. The molecular formula is C25H21NO4. The molecule has 0 aliphatic rings. The molecular weight excluding hydrogens is 378 g/mol. The molecule has 3 aromatic rings. The van der Waals surface area contributed by atoms with Crippen molar-refractivity contribution in [2.75, 3.05) is 12.4 Å². The first-order valence-corrected chi connectivity index (χ1v) is 9.38. The van der Waals surface area contributed by atoms with Gasteiger partial charge in [0.05, 0.1) is 12.7 Å². The van der Waals surface area contributed by atoms with Crippen LogP contribution in [0, 0.1) is 11.8 Å². The van der Waals surface area contributed by atoms with Crippen LogP contribution in [0.5, 0.6) is 5.75 Å². The molecule has 1 amide bonds. The van der Waals surface area contributed by atoms with Crippen LogP contribution in [0.3, 0.4) is 0 Å². The highest BCUT2D eigenvalue weighted by Crippen LogP contribution is 2.14. The number of para-hydroxylation sites is 1. The summed E-state index contributed by atoms with van der Waals surface area (Å²) in [5.41, 5.74) is 2.49. The van der Waals surface area contributed by atoms with Crippen molar-refractivity contribution in [3.63, 3.8) is 0 Å². The number of esters is 1. The van der Waals surface area contributed by atoms with Crippen LogP contribution < -0.4 is 10.1 Å². The van der Waals surface area contributed by atoms with E-state index in [0.29, 0.717) is 22.6 Å². The van der Waals surface area contributed by atoms with E-state index in [1.165, 1.54) is 7.11 Å². The predicted octanol–water partition coefficient (Wildman–Crippen LogP) is 4.28. The van der Waals surface area contributed by atoms with Crippen molar-refractivity contribution in [3.05, 3.63) is 95.6 Å². The Labute approximate surface area is 175 Å². The van der Waals surface area contributed by atoms with E-state index < -0.39 is 12.1 Å². The molecule has 0 fully saturated rings. The second kappa shape index (κ2) is 9.94. The normalized spacial score (nSPS) is 10.9. The van der Waals surface area contributed by atoms with Gasteiger partial charge in [-0.25, -0.2) is 4.79 Å². The van der Waals surface area contributed by atoms with Gasteiger partial charge in [-0.15, -0.1) is 0 Å². The van der Waals surface area contributed by atoms with Gasteiger partial charge in [0.1, 0.15) is 5.75 Å². The fourth-order valence-electron chi connectivity index (χ4n) is 2.66. The highest BCUT2D eigenvalue weighted by Gasteiger charge is 2.14. The molecule has 5 nitrogen and oxygen atoms in total. The standard InChI is InChI=1S/C25H21NO4/c1-18(30-23-12-4-3-5-13-23)24(27)26-22-11-7-9-20(17-22)15-14-19-8-6-10-21(16-19)25(28)29-2/h3-13,16-18H,1-2H3,(H,26,27). The zero-order valence-electron chi connectivity index (χ0n) is 16.7. The van der Waals surface area contributed by atoms with Gasteiger partial charge in [0, 0.05) is 16.8 Å². The smallest absolute Gasteiger partial charge is 0.337 e. The topological polar surface area (TPSA) is 64.6 Å². The molecule has 0 saturated carbocycles. The zero-order valence-corrected chi connectivity index (χ0v) is 16.7. The SMILES string of the molecule is COC(=O)c1cccc(C#Cc2cccc(NC(=O)C(C)Oc3ccccc3)c2)c1. The molecule has 0 spiro atoms. The van der Waals surface area contributed by atoms with E-state index in [-0.39, 0.29) is 5.91 Å². The fourth-order valence-corrected chi connectivity index (χ4v) is 2.66. The number of anilines is 1. The first kappa shape index (κ1) is 20.7. The Bertz CT molecular complexity index is 1100. The third-order valence-corrected chi connectivity index (χ3v) is 4.19. The summed E-state index contributed by atoms with van der Waals surface area (Å²) >= 11 is 0. The van der Waals surface area contributed by atoms with Crippen molar-refractivity contribution in [1.29, 1.82) is 0 Å². The summed E-state index contributed by atoms with van der Waals surface area (Å²) in [6, 6.07) is 23.3. The van der Waals surface area contributed by atoms with E-state index >= 15 is 0 Å². The molecule has 0 aliphatic heterocycles. The van der Waals surface area contributed by atoms with Gasteiger partial charge in [0.15, 0.2) is 6.10 Å². The molecule has 1 unspecified atom stereocenters. The Morgan fingerprint density at radius 3 is 2.23 bits per heavy atom. The highest BCUT2D eigenvalue weighted by atomic mass is 16.5. The van der Waals surface area contributed by atoms with Gasteiger partial charge in [0.2, 0.25) is 0 Å². The van der Waals surface area contributed by atoms with Gasteiger partial charge < -0.3 is 14.8 Å². The van der Waals surface area contributed by atoms with Crippen LogP contribution in [0.25, 0.3) is 0 Å². The van der Waals surface area contributed by atoms with Crippen LogP contribution in [0.2, 0.25) is 0 Å². The van der Waals surface area contributed by atoms with Crippen LogP contribution in [0.1, 0.15) is 28.4 Å². The van der Waals surface area contributed by atoms with Gasteiger partial charge in [-0.1, -0.05) is 42.2 Å². The zero-order chi connectivity index (χ0) is 21.3. The van der Waals surface area contributed by atoms with Crippen molar-refractivity contribution in [2.45, 2.75) is 13.0 Å². The molecule has 5 heteroatoms. The van der Waals surface area contributed by atoms with Crippen molar-refractivity contribution < 1.29 is 19.1 Å². The third kappa shape index (κ3) is 5.73. The number of ether oxygens (including phenoxy) is 2. The summed E-state index contributed by atoms with van der Waals surface area (Å²) in [5.74, 6) is 6.04. The van der Waals surface area contributed by atoms with Gasteiger partial charge in [0.25, 0.3) is 5.91 Å². The lowest BCUT2D eigenvalue weighted by Crippen LogP contribution is -2.30. The van der Waals surface area contributed by atoms with Crippen LogP contribution in [0.15, 0.2) is 78.9 Å². The minimum atomic E-state index is -0.650. The Balaban J connectivity index is 1.67. The van der Waals surface area contributed by atoms with Gasteiger partial charge in [-0.2, -0.15) is 0 Å². The molecule has 0 radical (unpaired) electrons. The average Bonchev–Trinajstić information content (AvgIpc) is 2.78. The van der Waals surface area contributed by atoms with Crippen LogP contribution in [-0.2, 0) is 9.53 Å². The number of rotatable bonds is 5. The minimum absolute atomic E-state index is 0.255. The quantitative estimate of drug-likeness (QED) is 0.514. The van der Waals surface area contributed by atoms with Crippen LogP contribution >= 0.6 is 0 Å². The Morgan fingerprint density at radius 2 is 1.53 bits per heavy atom. The summed E-state index contributed by atoms with van der Waals surface area (Å²) in [4.78, 5) is 24.1. The Kier molecular flexibility index (Phi) is 6.86. The number of hydrogen-bond donors (Lipinski definition) is 1. The average molecular weight is 399 g/mol. The first-order valence-electron chi connectivity index (χ1n) is 9.38. The molecule has 0 bridgehead atoms. The van der Waals surface area contributed by atoms with E-state index in [0.717, 1.165) is 5.56 Å². The molecule has 3 rings (SSSR count). The molecule has 30 heavy (non-hydrogen) atoms. The summed E-state index contributed by atoms with van der Waals surface area (Å²) < 4.78 is 10.4. The molecule has 150 valence electrons. The first-order chi connectivity index (χ1) is 14.5. The van der Waals surface area contributed by atoms with E-state index in [9.17, 15) is 9.59 Å². The molecule has 1 atom stereocenters. The maximum Gasteiger partial charge on any atom is 0.337 e. The molecule has 0 heterocycles. The Morgan fingerprint density at radius 1 is 0.867 bits per heavy atom. The third-order valence-electron chi connectivity index (χ3n) is 4.19. The number of hydrogen-bond acceptors (Lipinski definition) is 4. The molecule has 3 aromatic carbocycles. The van der Waals surface area contributed by atoms with Crippen molar-refractivity contribution in [2.24, 2.45) is 0 Å². The molecule has 1 N–H and O–H groups in total. The summed E-state index contributed by atoms with van der Waals surface area (Å²) in [7, 11) is 1.34. The van der Waals surface area contributed by atoms with Gasteiger partial charge in [-0.3, -0.25) is 4.79 Å². The van der Waals surface area contributed by atoms with E-state index in [4.69, 9.17) is 9.47 Å². The monoisotopic (exact) mass is 399 g/mol. The second-order valence-electron chi connectivity index (χ2n) is 6.47. The largest absolute Gasteiger partial charge is 0.481 e.